The van der Waals surface area contributed by atoms with Crippen molar-refractivity contribution in [1.82, 2.24) is 5.32 Å². The van der Waals surface area contributed by atoms with E-state index in [0.717, 1.165) is 25.6 Å². The van der Waals surface area contributed by atoms with Gasteiger partial charge in [0.2, 0.25) is 0 Å². The SMILES string of the molecule is CSC(=O)NC(C)(C)C(F)(F)F. The van der Waals surface area contributed by atoms with Gasteiger partial charge in [-0.15, -0.1) is 0 Å². The third-order valence-corrected chi connectivity index (χ3v) is 1.78. The fourth-order valence-corrected chi connectivity index (χ4v) is 0.734. The van der Waals surface area contributed by atoms with Gasteiger partial charge in [-0.2, -0.15) is 13.2 Å². The number of alkyl halides is 3. The molecule has 0 aliphatic rings. The van der Waals surface area contributed by atoms with E-state index in [4.69, 9.17) is 0 Å². The minimum absolute atomic E-state index is 0.683. The van der Waals surface area contributed by atoms with E-state index in [1.807, 2.05) is 5.32 Å². The average molecular weight is 201 g/mol. The molecule has 0 spiro atoms. The monoisotopic (exact) mass is 201 g/mol. The molecule has 0 fully saturated rings. The van der Waals surface area contributed by atoms with Crippen molar-refractivity contribution < 1.29 is 18.0 Å². The lowest BCUT2D eigenvalue weighted by atomic mass is 10.1. The summed E-state index contributed by atoms with van der Waals surface area (Å²) in [6.07, 6.45) is -3.00. The van der Waals surface area contributed by atoms with Gasteiger partial charge in [0, 0.05) is 0 Å². The van der Waals surface area contributed by atoms with Gasteiger partial charge in [-0.1, -0.05) is 11.8 Å². The molecule has 0 saturated heterocycles. The highest BCUT2D eigenvalue weighted by atomic mass is 32.2. The van der Waals surface area contributed by atoms with E-state index in [0.29, 0.717) is 0 Å². The lowest BCUT2D eigenvalue weighted by Crippen LogP contribution is -2.53. The molecule has 0 radical (unpaired) electrons. The van der Waals surface area contributed by atoms with Crippen LogP contribution in [0.3, 0.4) is 0 Å². The summed E-state index contributed by atoms with van der Waals surface area (Å²) in [4.78, 5) is 10.6. The number of hydrogen-bond donors (Lipinski definition) is 1. The number of carbonyl (C=O) groups is 1. The van der Waals surface area contributed by atoms with Gasteiger partial charge in [0.1, 0.15) is 5.54 Å². The largest absolute Gasteiger partial charge is 0.410 e. The molecular formula is C6H10F3NOS. The summed E-state index contributed by atoms with van der Waals surface area (Å²) in [6.45, 7) is 1.84. The molecule has 2 nitrogen and oxygen atoms in total. The first kappa shape index (κ1) is 11.6. The van der Waals surface area contributed by atoms with Crippen LogP contribution in [0.1, 0.15) is 13.8 Å². The first-order chi connectivity index (χ1) is 5.20. The summed E-state index contributed by atoms with van der Waals surface area (Å²) in [5, 5.41) is 1.16. The third kappa shape index (κ3) is 2.92. The van der Waals surface area contributed by atoms with Gasteiger partial charge >= 0.3 is 6.18 Å². The highest BCUT2D eigenvalue weighted by Crippen LogP contribution is 2.29. The van der Waals surface area contributed by atoms with Crippen molar-refractivity contribution >= 4 is 17.0 Å². The van der Waals surface area contributed by atoms with Gasteiger partial charge in [0.15, 0.2) is 0 Å². The minimum Gasteiger partial charge on any atom is -0.333 e. The predicted molar refractivity (Wildman–Crippen MR) is 42.2 cm³/mol. The van der Waals surface area contributed by atoms with Crippen LogP contribution in [0.15, 0.2) is 0 Å². The zero-order chi connectivity index (χ0) is 9.99. The second-order valence-corrected chi connectivity index (χ2v) is 3.52. The molecule has 0 heterocycles. The Bertz CT molecular complexity index is 178. The van der Waals surface area contributed by atoms with Crippen LogP contribution in [0.25, 0.3) is 0 Å². The Morgan fingerprint density at radius 2 is 1.75 bits per heavy atom. The van der Waals surface area contributed by atoms with Crippen molar-refractivity contribution in [1.29, 1.82) is 0 Å². The molecule has 6 heteroatoms. The molecule has 0 saturated carbocycles. The Labute approximate surface area is 72.9 Å². The van der Waals surface area contributed by atoms with Gasteiger partial charge < -0.3 is 5.32 Å². The average Bonchev–Trinajstić information content (AvgIpc) is 1.84. The maximum atomic E-state index is 12.1. The summed E-state index contributed by atoms with van der Waals surface area (Å²) in [6, 6.07) is 0. The van der Waals surface area contributed by atoms with E-state index in [2.05, 4.69) is 0 Å². The molecule has 1 amide bonds. The molecule has 0 bridgehead atoms. The molecule has 12 heavy (non-hydrogen) atoms. The van der Waals surface area contributed by atoms with Gasteiger partial charge in [-0.25, -0.2) is 0 Å². The quantitative estimate of drug-likeness (QED) is 0.705. The van der Waals surface area contributed by atoms with Crippen LogP contribution < -0.4 is 5.32 Å². The molecular weight excluding hydrogens is 191 g/mol. The maximum absolute atomic E-state index is 12.1. The van der Waals surface area contributed by atoms with Crippen LogP contribution in [0.4, 0.5) is 18.0 Å². The van der Waals surface area contributed by atoms with Gasteiger partial charge in [0.05, 0.1) is 0 Å². The molecule has 72 valence electrons. The van der Waals surface area contributed by atoms with Crippen molar-refractivity contribution in [2.45, 2.75) is 25.6 Å². The number of carbonyl (C=O) groups excluding carboxylic acids is 1. The fourth-order valence-electron chi connectivity index (χ4n) is 0.377. The Morgan fingerprint density at radius 1 is 1.33 bits per heavy atom. The summed E-state index contributed by atoms with van der Waals surface area (Å²) in [7, 11) is 0. The number of thioether (sulfide) groups is 1. The standard InChI is InChI=1S/C6H10F3NOS/c1-5(2,6(7,8)9)10-4(11)12-3/h1-3H3,(H,10,11). The molecule has 0 aliphatic heterocycles. The zero-order valence-electron chi connectivity index (χ0n) is 6.95. The third-order valence-electron chi connectivity index (χ3n) is 1.31. The number of hydrogen-bond acceptors (Lipinski definition) is 2. The van der Waals surface area contributed by atoms with Crippen LogP contribution in [0.2, 0.25) is 0 Å². The normalized spacial score (nSPS) is 12.8. The second kappa shape index (κ2) is 3.55. The molecule has 0 aromatic carbocycles. The van der Waals surface area contributed by atoms with Crippen molar-refractivity contribution in [3.8, 4) is 0 Å². The molecule has 0 rings (SSSR count). The minimum atomic E-state index is -4.42. The van der Waals surface area contributed by atoms with Crippen molar-refractivity contribution in [3.05, 3.63) is 0 Å². The predicted octanol–water partition coefficient (Wildman–Crippen LogP) is 2.40. The first-order valence-electron chi connectivity index (χ1n) is 3.13. The highest BCUT2D eigenvalue weighted by molar-refractivity contribution is 8.12. The van der Waals surface area contributed by atoms with Crippen LogP contribution >= 0.6 is 11.8 Å². The number of rotatable bonds is 1. The van der Waals surface area contributed by atoms with Gasteiger partial charge in [0.25, 0.3) is 5.24 Å². The number of halogens is 3. The molecule has 0 unspecified atom stereocenters. The molecule has 0 aliphatic carbocycles. The summed E-state index contributed by atoms with van der Waals surface area (Å²) in [5.41, 5.74) is -2.16. The lowest BCUT2D eigenvalue weighted by Gasteiger charge is -2.28. The highest BCUT2D eigenvalue weighted by Gasteiger charge is 2.48. The van der Waals surface area contributed by atoms with Crippen LogP contribution in [0, 0.1) is 0 Å². The fraction of sp³-hybridized carbons (Fsp3) is 0.833. The van der Waals surface area contributed by atoms with E-state index in [1.165, 1.54) is 6.26 Å². The maximum Gasteiger partial charge on any atom is 0.410 e. The Morgan fingerprint density at radius 3 is 2.00 bits per heavy atom. The molecule has 0 atom stereocenters. The smallest absolute Gasteiger partial charge is 0.333 e. The summed E-state index contributed by atoms with van der Waals surface area (Å²) < 4.78 is 36.3. The summed E-state index contributed by atoms with van der Waals surface area (Å²) in [5.74, 6) is 0. The first-order valence-corrected chi connectivity index (χ1v) is 4.36. The number of nitrogens with one attached hydrogen (secondary N) is 1. The number of amides is 1. The van der Waals surface area contributed by atoms with Crippen LogP contribution in [-0.2, 0) is 0 Å². The molecule has 0 aromatic heterocycles. The van der Waals surface area contributed by atoms with Crippen LogP contribution in [0.5, 0.6) is 0 Å². The van der Waals surface area contributed by atoms with E-state index >= 15 is 0 Å². The summed E-state index contributed by atoms with van der Waals surface area (Å²) >= 11 is 0.718. The van der Waals surface area contributed by atoms with E-state index in [9.17, 15) is 18.0 Å². The van der Waals surface area contributed by atoms with Crippen LogP contribution in [-0.4, -0.2) is 23.2 Å². The van der Waals surface area contributed by atoms with Gasteiger partial charge in [-0.3, -0.25) is 4.79 Å². The molecule has 0 aromatic rings. The Kier molecular flexibility index (Phi) is 3.44. The van der Waals surface area contributed by atoms with Crippen molar-refractivity contribution in [2.24, 2.45) is 0 Å². The van der Waals surface area contributed by atoms with E-state index < -0.39 is 17.0 Å². The topological polar surface area (TPSA) is 29.1 Å². The van der Waals surface area contributed by atoms with E-state index in [1.54, 1.807) is 0 Å². The Balaban J connectivity index is 4.33. The van der Waals surface area contributed by atoms with Gasteiger partial charge in [-0.05, 0) is 20.1 Å². The van der Waals surface area contributed by atoms with Crippen molar-refractivity contribution in [3.63, 3.8) is 0 Å². The van der Waals surface area contributed by atoms with E-state index in [-0.39, 0.29) is 0 Å². The lowest BCUT2D eigenvalue weighted by molar-refractivity contribution is -0.181. The molecule has 1 N–H and O–H groups in total. The zero-order valence-corrected chi connectivity index (χ0v) is 7.77. The Hall–Kier alpha value is -0.390. The second-order valence-electron chi connectivity index (χ2n) is 2.74. The van der Waals surface area contributed by atoms with Crippen molar-refractivity contribution in [2.75, 3.05) is 6.26 Å².